The predicted molar refractivity (Wildman–Crippen MR) is 144 cm³/mol. The number of carbonyl (C=O) groups excluding carboxylic acids is 3. The van der Waals surface area contributed by atoms with E-state index in [1.807, 2.05) is 24.3 Å². The van der Waals surface area contributed by atoms with Crippen LogP contribution in [0, 0.1) is 0 Å². The Morgan fingerprint density at radius 2 is 1.67 bits per heavy atom. The highest BCUT2D eigenvalue weighted by atomic mass is 16.6. The zero-order valence-electron chi connectivity index (χ0n) is 23.0. The van der Waals surface area contributed by atoms with Crippen LogP contribution < -0.4 is 10.6 Å². The van der Waals surface area contributed by atoms with Crippen LogP contribution in [0.15, 0.2) is 24.3 Å². The van der Waals surface area contributed by atoms with Gasteiger partial charge < -0.3 is 20.3 Å². The molecule has 0 radical (unpaired) electrons. The highest BCUT2D eigenvalue weighted by Crippen LogP contribution is 2.25. The van der Waals surface area contributed by atoms with Crippen LogP contribution in [0.1, 0.15) is 110 Å². The van der Waals surface area contributed by atoms with Crippen LogP contribution in [0.2, 0.25) is 0 Å². The molecule has 1 aromatic rings. The third kappa shape index (κ3) is 10.2. The van der Waals surface area contributed by atoms with Gasteiger partial charge >= 0.3 is 6.09 Å². The first-order valence-corrected chi connectivity index (χ1v) is 13.8. The number of hydrogen-bond acceptors (Lipinski definition) is 4. The van der Waals surface area contributed by atoms with Crippen LogP contribution in [0.25, 0.3) is 0 Å². The van der Waals surface area contributed by atoms with E-state index in [4.69, 9.17) is 4.74 Å². The Bertz CT molecular complexity index is 826. The second kappa shape index (κ2) is 14.9. The molecule has 202 valence electrons. The molecule has 1 fully saturated rings. The number of carbonyl (C=O) groups is 3. The van der Waals surface area contributed by atoms with Gasteiger partial charge in [-0.2, -0.15) is 0 Å². The summed E-state index contributed by atoms with van der Waals surface area (Å²) in [6.07, 6.45) is 9.55. The monoisotopic (exact) mass is 501 g/mol. The molecule has 0 saturated heterocycles. The van der Waals surface area contributed by atoms with Crippen molar-refractivity contribution in [2.45, 2.75) is 117 Å². The van der Waals surface area contributed by atoms with Crippen LogP contribution >= 0.6 is 0 Å². The van der Waals surface area contributed by atoms with Gasteiger partial charge in [-0.05, 0) is 57.6 Å². The van der Waals surface area contributed by atoms with Crippen molar-refractivity contribution in [2.75, 3.05) is 13.1 Å². The Hall–Kier alpha value is -2.57. The molecule has 1 saturated carbocycles. The van der Waals surface area contributed by atoms with Gasteiger partial charge in [-0.15, -0.1) is 0 Å². The number of rotatable bonds is 12. The number of nitrogens with zero attached hydrogens (tertiary/aromatic N) is 1. The van der Waals surface area contributed by atoms with Gasteiger partial charge in [-0.25, -0.2) is 4.79 Å². The van der Waals surface area contributed by atoms with Gasteiger partial charge in [0.1, 0.15) is 18.2 Å². The number of aryl methyl sites for hydroxylation is 1. The maximum absolute atomic E-state index is 13.7. The van der Waals surface area contributed by atoms with Crippen LogP contribution in [0.4, 0.5) is 4.79 Å². The Morgan fingerprint density at radius 3 is 2.25 bits per heavy atom. The number of benzene rings is 1. The summed E-state index contributed by atoms with van der Waals surface area (Å²) in [5.74, 6) is -0.437. The smallest absolute Gasteiger partial charge is 0.408 e. The van der Waals surface area contributed by atoms with Gasteiger partial charge in [0.05, 0.1) is 0 Å². The van der Waals surface area contributed by atoms with Crippen molar-refractivity contribution >= 4 is 17.9 Å². The fourth-order valence-electron chi connectivity index (χ4n) is 4.61. The van der Waals surface area contributed by atoms with E-state index in [0.29, 0.717) is 6.54 Å². The third-order valence-electron chi connectivity index (χ3n) is 6.57. The normalized spacial score (nSPS) is 15.1. The quantitative estimate of drug-likeness (QED) is 0.361. The molecule has 36 heavy (non-hydrogen) atoms. The molecule has 0 aromatic heterocycles. The average molecular weight is 502 g/mol. The fourth-order valence-corrected chi connectivity index (χ4v) is 4.61. The summed E-state index contributed by atoms with van der Waals surface area (Å²) < 4.78 is 5.30. The lowest BCUT2D eigenvalue weighted by Crippen LogP contribution is -2.50. The third-order valence-corrected chi connectivity index (χ3v) is 6.57. The van der Waals surface area contributed by atoms with Crippen molar-refractivity contribution < 1.29 is 19.1 Å². The number of amides is 3. The first-order chi connectivity index (χ1) is 17.1. The molecular weight excluding hydrogens is 454 g/mol. The highest BCUT2D eigenvalue weighted by Gasteiger charge is 2.33. The van der Waals surface area contributed by atoms with Crippen LogP contribution in [-0.4, -0.2) is 47.5 Å². The summed E-state index contributed by atoms with van der Waals surface area (Å²) >= 11 is 0. The van der Waals surface area contributed by atoms with E-state index in [1.165, 1.54) is 12.0 Å². The van der Waals surface area contributed by atoms with E-state index in [0.717, 1.165) is 63.4 Å². The Labute approximate surface area is 217 Å². The maximum atomic E-state index is 13.7. The summed E-state index contributed by atoms with van der Waals surface area (Å²) in [7, 11) is 0. The summed E-state index contributed by atoms with van der Waals surface area (Å²) in [5.41, 5.74) is 1.32. The lowest BCUT2D eigenvalue weighted by Gasteiger charge is -2.33. The largest absolute Gasteiger partial charge is 0.444 e. The molecule has 2 rings (SSSR count). The predicted octanol–water partition coefficient (Wildman–Crippen LogP) is 5.67. The minimum atomic E-state index is -0.743. The number of unbranched alkanes of at least 4 members (excludes halogenated alkanes) is 3. The molecule has 1 aliphatic rings. The highest BCUT2D eigenvalue weighted by molar-refractivity contribution is 5.90. The van der Waals surface area contributed by atoms with E-state index in [-0.39, 0.29) is 24.4 Å². The van der Waals surface area contributed by atoms with E-state index < -0.39 is 17.7 Å². The molecule has 1 aliphatic carbocycles. The molecule has 2 N–H and O–H groups in total. The first-order valence-electron chi connectivity index (χ1n) is 13.8. The minimum absolute atomic E-state index is 0.139. The molecule has 1 aromatic carbocycles. The molecule has 0 aliphatic heterocycles. The van der Waals surface area contributed by atoms with Crippen molar-refractivity contribution in [3.05, 3.63) is 35.4 Å². The van der Waals surface area contributed by atoms with Gasteiger partial charge in [0.2, 0.25) is 11.8 Å². The second-order valence-corrected chi connectivity index (χ2v) is 10.8. The van der Waals surface area contributed by atoms with E-state index >= 15 is 0 Å². The topological polar surface area (TPSA) is 87.7 Å². The van der Waals surface area contributed by atoms with E-state index in [2.05, 4.69) is 24.5 Å². The number of nitrogens with one attached hydrogen (secondary N) is 2. The molecule has 3 amide bonds. The Balaban J connectivity index is 2.28. The van der Waals surface area contributed by atoms with Crippen molar-refractivity contribution in [1.82, 2.24) is 15.5 Å². The van der Waals surface area contributed by atoms with E-state index in [1.54, 1.807) is 25.7 Å². The molecular formula is C29H47N3O4. The molecule has 0 heterocycles. The Kier molecular flexibility index (Phi) is 12.2. The molecule has 0 bridgehead atoms. The number of ether oxygens (including phenoxy) is 1. The standard InChI is InChI=1S/C29H47N3O4/c1-6-8-9-13-20-32(25(33)21-30-28(35)36-29(3,4)5)26(23-18-16-22(7-2)17-19-23)27(34)31-24-14-11-10-12-15-24/h16-19,24,26H,6-15,20-21H2,1-5H3,(H,30,35)(H,31,34). The van der Waals surface area contributed by atoms with Gasteiger partial charge in [-0.1, -0.05) is 76.6 Å². The SMILES string of the molecule is CCCCCCN(C(=O)CNC(=O)OC(C)(C)C)C(C(=O)NC1CCCCC1)c1ccc(CC)cc1. The van der Waals surface area contributed by atoms with Crippen LogP contribution in [-0.2, 0) is 20.7 Å². The molecule has 1 atom stereocenters. The van der Waals surface area contributed by atoms with Gasteiger partial charge in [-0.3, -0.25) is 9.59 Å². The average Bonchev–Trinajstić information content (AvgIpc) is 2.84. The number of hydrogen-bond donors (Lipinski definition) is 2. The summed E-state index contributed by atoms with van der Waals surface area (Å²) in [5, 5.41) is 5.82. The van der Waals surface area contributed by atoms with Crippen LogP contribution in [0.5, 0.6) is 0 Å². The first kappa shape index (κ1) is 29.7. The van der Waals surface area contributed by atoms with Crippen molar-refractivity contribution in [3.8, 4) is 0 Å². The zero-order chi connectivity index (χ0) is 26.6. The zero-order valence-corrected chi connectivity index (χ0v) is 23.0. The lowest BCUT2D eigenvalue weighted by molar-refractivity contribution is -0.140. The molecule has 0 spiro atoms. The van der Waals surface area contributed by atoms with Crippen molar-refractivity contribution in [2.24, 2.45) is 0 Å². The van der Waals surface area contributed by atoms with Crippen LogP contribution in [0.3, 0.4) is 0 Å². The summed E-state index contributed by atoms with van der Waals surface area (Å²) in [6.45, 7) is 9.80. The van der Waals surface area contributed by atoms with Crippen molar-refractivity contribution in [1.29, 1.82) is 0 Å². The maximum Gasteiger partial charge on any atom is 0.408 e. The molecule has 7 heteroatoms. The minimum Gasteiger partial charge on any atom is -0.444 e. The summed E-state index contributed by atoms with van der Waals surface area (Å²) in [4.78, 5) is 41.1. The van der Waals surface area contributed by atoms with Gasteiger partial charge in [0, 0.05) is 12.6 Å². The Morgan fingerprint density at radius 1 is 1.00 bits per heavy atom. The second-order valence-electron chi connectivity index (χ2n) is 10.8. The fraction of sp³-hybridized carbons (Fsp3) is 0.690. The van der Waals surface area contributed by atoms with Crippen molar-refractivity contribution in [3.63, 3.8) is 0 Å². The van der Waals surface area contributed by atoms with Gasteiger partial charge in [0.25, 0.3) is 0 Å². The lowest BCUT2D eigenvalue weighted by atomic mass is 9.94. The molecule has 7 nitrogen and oxygen atoms in total. The van der Waals surface area contributed by atoms with E-state index in [9.17, 15) is 14.4 Å². The summed E-state index contributed by atoms with van der Waals surface area (Å²) in [6, 6.07) is 7.35. The molecule has 1 unspecified atom stereocenters. The number of alkyl carbamates (subject to hydrolysis) is 1. The van der Waals surface area contributed by atoms with Gasteiger partial charge in [0.15, 0.2) is 0 Å².